The average Bonchev–Trinajstić information content (AvgIpc) is 3.48. The number of ether oxygens (including phenoxy) is 2. The van der Waals surface area contributed by atoms with Gasteiger partial charge in [0, 0.05) is 26.2 Å². The number of aliphatic imine (C=N–C) groups is 1. The molecule has 0 unspecified atom stereocenters. The van der Waals surface area contributed by atoms with Crippen LogP contribution in [0.1, 0.15) is 64.7 Å². The molecule has 2 heterocycles. The van der Waals surface area contributed by atoms with Crippen molar-refractivity contribution >= 4 is 29.7 Å². The monoisotopic (exact) mass is 665 g/mol. The Labute approximate surface area is 288 Å². The molecule has 0 saturated heterocycles. The Morgan fingerprint density at radius 3 is 1.88 bits per heavy atom. The molecule has 0 radical (unpaired) electrons. The summed E-state index contributed by atoms with van der Waals surface area (Å²) in [4.78, 5) is 32.5. The fraction of sp³-hybridized carbons (Fsp3) is 0.368. The van der Waals surface area contributed by atoms with E-state index in [0.717, 1.165) is 42.0 Å². The van der Waals surface area contributed by atoms with Gasteiger partial charge in [0.25, 0.3) is 0 Å². The van der Waals surface area contributed by atoms with Crippen LogP contribution in [0.25, 0.3) is 0 Å². The first kappa shape index (κ1) is 35.2. The molecule has 5 rings (SSSR count). The van der Waals surface area contributed by atoms with Crippen molar-refractivity contribution in [2.24, 2.45) is 4.99 Å². The van der Waals surface area contributed by atoms with Crippen molar-refractivity contribution in [1.29, 1.82) is 0 Å². The molecule has 2 amide bonds. The lowest BCUT2D eigenvalue weighted by Gasteiger charge is -2.38. The molecule has 1 aliphatic rings. The third kappa shape index (κ3) is 8.85. The smallest absolute Gasteiger partial charge is 0.437 e. The van der Waals surface area contributed by atoms with E-state index in [-0.39, 0.29) is 12.5 Å². The lowest BCUT2D eigenvalue weighted by Crippen LogP contribution is -2.52. The Balaban J connectivity index is 1.59. The molecule has 0 spiro atoms. The van der Waals surface area contributed by atoms with Crippen LogP contribution in [-0.2, 0) is 21.6 Å². The molecule has 3 aromatic carbocycles. The Hall–Kier alpha value is -5.16. The molecule has 258 valence electrons. The normalized spacial score (nSPS) is 13.6. The summed E-state index contributed by atoms with van der Waals surface area (Å²) in [7, 11) is 0. The molecule has 0 saturated carbocycles. The standard InChI is InChI=1S/C38H47N7O4/c1-36(2,3)48-34(46)42-33(43-35(47)49-37(4,5)6)44(31-27-41-45-25-16-23-39-32(31)45)26-24-40-38(28-17-10-7-11-18-28,29-19-12-8-13-20-29)30-21-14-9-15-22-30/h7-15,17-22,27,39-40H,16,23-26H2,1-6H3,(H,42,43,46,47). The van der Waals surface area contributed by atoms with Crippen LogP contribution in [0.4, 0.5) is 21.1 Å². The Morgan fingerprint density at radius 2 is 1.37 bits per heavy atom. The zero-order chi connectivity index (χ0) is 35.1. The highest BCUT2D eigenvalue weighted by Gasteiger charge is 2.36. The van der Waals surface area contributed by atoms with Gasteiger partial charge in [-0.2, -0.15) is 5.10 Å². The van der Waals surface area contributed by atoms with Crippen LogP contribution < -0.4 is 20.9 Å². The molecular formula is C38H47N7O4. The fourth-order valence-corrected chi connectivity index (χ4v) is 5.85. The number of carbonyl (C=O) groups is 2. The number of aryl methyl sites for hydroxylation is 1. The molecular weight excluding hydrogens is 618 g/mol. The van der Waals surface area contributed by atoms with E-state index in [1.54, 1.807) is 52.6 Å². The van der Waals surface area contributed by atoms with E-state index in [1.165, 1.54) is 0 Å². The maximum atomic E-state index is 13.2. The van der Waals surface area contributed by atoms with Gasteiger partial charge in [-0.3, -0.25) is 10.6 Å². The van der Waals surface area contributed by atoms with Gasteiger partial charge in [0.2, 0.25) is 5.96 Å². The van der Waals surface area contributed by atoms with E-state index in [1.807, 2.05) is 59.3 Å². The first-order valence-corrected chi connectivity index (χ1v) is 16.7. The van der Waals surface area contributed by atoms with Crippen molar-refractivity contribution in [3.8, 4) is 0 Å². The summed E-state index contributed by atoms with van der Waals surface area (Å²) in [6.45, 7) is 12.7. The Morgan fingerprint density at radius 1 is 0.837 bits per heavy atom. The number of carbonyl (C=O) groups excluding carboxylic acids is 2. The van der Waals surface area contributed by atoms with Gasteiger partial charge in [0.05, 0.1) is 11.7 Å². The highest BCUT2D eigenvalue weighted by atomic mass is 16.6. The molecule has 49 heavy (non-hydrogen) atoms. The average molecular weight is 666 g/mol. The molecule has 1 aliphatic heterocycles. The largest absolute Gasteiger partial charge is 0.444 e. The van der Waals surface area contributed by atoms with E-state index in [0.29, 0.717) is 12.2 Å². The highest BCUT2D eigenvalue weighted by molar-refractivity contribution is 6.08. The van der Waals surface area contributed by atoms with Gasteiger partial charge in [0.1, 0.15) is 22.7 Å². The number of alkyl carbamates (subject to hydrolysis) is 1. The third-order valence-corrected chi connectivity index (χ3v) is 7.76. The number of amides is 2. The summed E-state index contributed by atoms with van der Waals surface area (Å²) >= 11 is 0. The number of guanidine groups is 1. The van der Waals surface area contributed by atoms with Gasteiger partial charge in [-0.25, -0.2) is 14.3 Å². The minimum absolute atomic E-state index is 0.0433. The first-order chi connectivity index (χ1) is 23.4. The number of nitrogens with zero attached hydrogens (tertiary/aromatic N) is 4. The van der Waals surface area contributed by atoms with Gasteiger partial charge in [0.15, 0.2) is 0 Å². The number of hydrogen-bond donors (Lipinski definition) is 3. The first-order valence-electron chi connectivity index (χ1n) is 16.7. The van der Waals surface area contributed by atoms with E-state index < -0.39 is 28.9 Å². The van der Waals surface area contributed by atoms with Crippen LogP contribution in [0.15, 0.2) is 102 Å². The fourth-order valence-electron chi connectivity index (χ4n) is 5.85. The van der Waals surface area contributed by atoms with Crippen molar-refractivity contribution in [2.75, 3.05) is 29.9 Å². The Bertz CT molecular complexity index is 1630. The lowest BCUT2D eigenvalue weighted by atomic mass is 9.77. The zero-order valence-corrected chi connectivity index (χ0v) is 29.2. The molecule has 0 fully saturated rings. The second-order valence-corrected chi connectivity index (χ2v) is 13.9. The molecule has 3 N–H and O–H groups in total. The SMILES string of the molecule is CC(C)(C)OC(=O)N=C(NC(=O)OC(C)(C)C)N(CCNC(c1ccccc1)(c1ccccc1)c1ccccc1)c1cnn2c1NCCC2. The molecule has 11 nitrogen and oxygen atoms in total. The Kier molecular flexibility index (Phi) is 10.7. The second-order valence-electron chi connectivity index (χ2n) is 13.9. The van der Waals surface area contributed by atoms with Crippen LogP contribution in [0.5, 0.6) is 0 Å². The second kappa shape index (κ2) is 14.9. The van der Waals surface area contributed by atoms with E-state index in [4.69, 9.17) is 9.47 Å². The summed E-state index contributed by atoms with van der Waals surface area (Å²) in [6.07, 6.45) is 1.03. The van der Waals surface area contributed by atoms with Gasteiger partial charge >= 0.3 is 12.2 Å². The minimum Gasteiger partial charge on any atom is -0.444 e. The van der Waals surface area contributed by atoms with Gasteiger partial charge in [-0.05, 0) is 64.7 Å². The molecule has 0 aliphatic carbocycles. The topological polar surface area (TPSA) is 122 Å². The maximum Gasteiger partial charge on any atom is 0.437 e. The summed E-state index contributed by atoms with van der Waals surface area (Å²) < 4.78 is 13.0. The number of hydrogen-bond acceptors (Lipinski definition) is 7. The molecule has 0 bridgehead atoms. The summed E-state index contributed by atoms with van der Waals surface area (Å²) in [5.74, 6) is 0.716. The number of rotatable bonds is 8. The number of benzene rings is 3. The lowest BCUT2D eigenvalue weighted by molar-refractivity contribution is 0.0561. The van der Waals surface area contributed by atoms with Gasteiger partial charge in [-0.1, -0.05) is 91.0 Å². The van der Waals surface area contributed by atoms with Crippen molar-refractivity contribution in [1.82, 2.24) is 20.4 Å². The van der Waals surface area contributed by atoms with E-state index >= 15 is 0 Å². The predicted molar refractivity (Wildman–Crippen MR) is 193 cm³/mol. The molecule has 4 aromatic rings. The molecule has 0 atom stereocenters. The quantitative estimate of drug-likeness (QED) is 0.106. The number of anilines is 2. The minimum atomic E-state index is -0.849. The van der Waals surface area contributed by atoms with Crippen molar-refractivity contribution in [3.63, 3.8) is 0 Å². The van der Waals surface area contributed by atoms with Crippen LogP contribution in [0.3, 0.4) is 0 Å². The van der Waals surface area contributed by atoms with Gasteiger partial charge < -0.3 is 19.7 Å². The van der Waals surface area contributed by atoms with E-state index in [2.05, 4.69) is 62.4 Å². The van der Waals surface area contributed by atoms with Crippen molar-refractivity contribution in [3.05, 3.63) is 114 Å². The summed E-state index contributed by atoms with van der Waals surface area (Å²) in [5, 5.41) is 14.7. The highest BCUT2D eigenvalue weighted by Crippen LogP contribution is 2.37. The van der Waals surface area contributed by atoms with Gasteiger partial charge in [-0.15, -0.1) is 4.99 Å². The number of aromatic nitrogens is 2. The molecule has 11 heteroatoms. The number of nitrogens with one attached hydrogen (secondary N) is 3. The van der Waals surface area contributed by atoms with E-state index in [9.17, 15) is 9.59 Å². The van der Waals surface area contributed by atoms with Crippen molar-refractivity contribution in [2.45, 2.75) is 71.2 Å². The van der Waals surface area contributed by atoms with Crippen LogP contribution >= 0.6 is 0 Å². The van der Waals surface area contributed by atoms with Crippen LogP contribution in [-0.4, -0.2) is 58.8 Å². The summed E-state index contributed by atoms with van der Waals surface area (Å²) in [6, 6.07) is 30.9. The third-order valence-electron chi connectivity index (χ3n) is 7.76. The summed E-state index contributed by atoms with van der Waals surface area (Å²) in [5.41, 5.74) is 1.47. The zero-order valence-electron chi connectivity index (χ0n) is 29.2. The van der Waals surface area contributed by atoms with Crippen LogP contribution in [0, 0.1) is 0 Å². The van der Waals surface area contributed by atoms with Crippen LogP contribution in [0.2, 0.25) is 0 Å². The molecule has 1 aromatic heterocycles. The van der Waals surface area contributed by atoms with Crippen molar-refractivity contribution < 1.29 is 19.1 Å². The predicted octanol–water partition coefficient (Wildman–Crippen LogP) is 6.90. The number of fused-ring (bicyclic) bond motifs is 1. The maximum absolute atomic E-state index is 13.2.